The molecule has 0 radical (unpaired) electrons. The number of nitrogens with one attached hydrogen (secondary N) is 2. The molecule has 2 amide bonds. The number of hydrogen-bond donors (Lipinski definition) is 2. The number of amides is 2. The van der Waals surface area contributed by atoms with Gasteiger partial charge in [-0.25, -0.2) is 0 Å². The van der Waals surface area contributed by atoms with E-state index in [2.05, 4.69) is 20.5 Å². The van der Waals surface area contributed by atoms with Crippen LogP contribution in [0.25, 0.3) is 0 Å². The van der Waals surface area contributed by atoms with Crippen molar-refractivity contribution in [1.82, 2.24) is 20.5 Å². The lowest BCUT2D eigenvalue weighted by molar-refractivity contribution is -0.137. The zero-order valence-corrected chi connectivity index (χ0v) is 20.0. The van der Waals surface area contributed by atoms with E-state index in [0.717, 1.165) is 30.5 Å². The number of ether oxygens (including phenoxy) is 1. The van der Waals surface area contributed by atoms with Gasteiger partial charge >= 0.3 is 6.18 Å². The van der Waals surface area contributed by atoms with Crippen molar-refractivity contribution in [1.29, 1.82) is 0 Å². The van der Waals surface area contributed by atoms with Crippen molar-refractivity contribution in [3.8, 4) is 0 Å². The number of likely N-dealkylation sites (tertiary alicyclic amines) is 1. The van der Waals surface area contributed by atoms with Crippen LogP contribution in [0.2, 0.25) is 0 Å². The monoisotopic (exact) mass is 504 g/mol. The summed E-state index contributed by atoms with van der Waals surface area (Å²) >= 11 is 0. The van der Waals surface area contributed by atoms with E-state index in [9.17, 15) is 22.8 Å². The summed E-state index contributed by atoms with van der Waals surface area (Å²) in [5.74, 6) is -1.16. The number of benzene rings is 1. The van der Waals surface area contributed by atoms with Gasteiger partial charge in [-0.15, -0.1) is 0 Å². The fourth-order valence-corrected chi connectivity index (χ4v) is 4.90. The Morgan fingerprint density at radius 1 is 1.08 bits per heavy atom. The molecule has 2 N–H and O–H groups in total. The Labute approximate surface area is 208 Å². The molecule has 2 heterocycles. The zero-order valence-electron chi connectivity index (χ0n) is 20.0. The molecule has 7 nitrogen and oxygen atoms in total. The molecule has 1 saturated carbocycles. The Morgan fingerprint density at radius 2 is 1.89 bits per heavy atom. The predicted molar refractivity (Wildman–Crippen MR) is 127 cm³/mol. The Morgan fingerprint density at radius 3 is 2.61 bits per heavy atom. The first kappa shape index (κ1) is 26.1. The van der Waals surface area contributed by atoms with E-state index in [0.29, 0.717) is 25.7 Å². The van der Waals surface area contributed by atoms with Gasteiger partial charge in [-0.1, -0.05) is 31.4 Å². The first-order valence-electron chi connectivity index (χ1n) is 12.3. The van der Waals surface area contributed by atoms with Crippen LogP contribution in [-0.4, -0.2) is 59.5 Å². The van der Waals surface area contributed by atoms with Crippen molar-refractivity contribution in [3.05, 3.63) is 65.5 Å². The summed E-state index contributed by atoms with van der Waals surface area (Å²) in [5, 5.41) is 5.38. The van der Waals surface area contributed by atoms with Gasteiger partial charge in [0.1, 0.15) is 0 Å². The molecule has 10 heteroatoms. The van der Waals surface area contributed by atoms with Crippen molar-refractivity contribution >= 4 is 11.8 Å². The molecule has 2 unspecified atom stereocenters. The van der Waals surface area contributed by atoms with Crippen LogP contribution in [0.1, 0.15) is 53.6 Å². The van der Waals surface area contributed by atoms with E-state index >= 15 is 0 Å². The van der Waals surface area contributed by atoms with Crippen LogP contribution in [0.3, 0.4) is 0 Å². The predicted octanol–water partition coefficient (Wildman–Crippen LogP) is 3.55. The molecule has 1 aliphatic carbocycles. The highest BCUT2D eigenvalue weighted by Crippen LogP contribution is 2.30. The number of halogens is 3. The fourth-order valence-electron chi connectivity index (χ4n) is 4.90. The normalized spacial score (nSPS) is 21.3. The van der Waals surface area contributed by atoms with E-state index in [4.69, 9.17) is 4.74 Å². The van der Waals surface area contributed by atoms with E-state index in [1.807, 2.05) is 12.1 Å². The molecule has 1 aliphatic heterocycles. The topological polar surface area (TPSA) is 83.6 Å². The molecule has 0 spiro atoms. The molecule has 0 bridgehead atoms. The van der Waals surface area contributed by atoms with E-state index < -0.39 is 23.6 Å². The number of rotatable bonds is 8. The molecule has 1 saturated heterocycles. The second kappa shape index (κ2) is 11.8. The molecular formula is C26H31F3N4O3. The SMILES string of the molecule is O=C(CNC(=O)c1cccc(C(F)(F)F)c1)NC1CN(C2CCCCC2)CC1OCc1cccnc1. The van der Waals surface area contributed by atoms with Crippen LogP contribution in [0, 0.1) is 0 Å². The Hall–Kier alpha value is -2.98. The molecule has 1 aromatic carbocycles. The number of carbonyl (C=O) groups is 2. The molecule has 36 heavy (non-hydrogen) atoms. The van der Waals surface area contributed by atoms with Gasteiger partial charge in [0, 0.05) is 37.1 Å². The number of alkyl halides is 3. The molecule has 194 valence electrons. The number of hydrogen-bond acceptors (Lipinski definition) is 5. The van der Waals surface area contributed by atoms with Gasteiger partial charge in [0.05, 0.1) is 30.9 Å². The van der Waals surface area contributed by atoms with Crippen LogP contribution in [-0.2, 0) is 22.3 Å². The van der Waals surface area contributed by atoms with Gasteiger partial charge in [0.15, 0.2) is 0 Å². The minimum absolute atomic E-state index is 0.153. The maximum absolute atomic E-state index is 12.9. The number of carbonyl (C=O) groups excluding carboxylic acids is 2. The molecular weight excluding hydrogens is 473 g/mol. The van der Waals surface area contributed by atoms with Crippen LogP contribution < -0.4 is 10.6 Å². The lowest BCUT2D eigenvalue weighted by atomic mass is 9.94. The Balaban J connectivity index is 1.34. The Kier molecular flexibility index (Phi) is 8.58. The van der Waals surface area contributed by atoms with Crippen molar-refractivity contribution in [2.45, 2.75) is 63.1 Å². The summed E-state index contributed by atoms with van der Waals surface area (Å²) in [6.07, 6.45) is 4.55. The van der Waals surface area contributed by atoms with E-state index in [1.54, 1.807) is 12.4 Å². The van der Waals surface area contributed by atoms with Gasteiger partial charge in [-0.2, -0.15) is 13.2 Å². The van der Waals surface area contributed by atoms with E-state index in [-0.39, 0.29) is 24.3 Å². The summed E-state index contributed by atoms with van der Waals surface area (Å²) in [6, 6.07) is 8.09. The maximum Gasteiger partial charge on any atom is 0.416 e. The van der Waals surface area contributed by atoms with Crippen LogP contribution >= 0.6 is 0 Å². The number of nitrogens with zero attached hydrogens (tertiary/aromatic N) is 2. The average Bonchev–Trinajstić information content (AvgIpc) is 3.29. The van der Waals surface area contributed by atoms with Gasteiger partial charge in [0.25, 0.3) is 5.91 Å². The first-order valence-corrected chi connectivity index (χ1v) is 12.3. The first-order chi connectivity index (χ1) is 17.3. The summed E-state index contributed by atoms with van der Waals surface area (Å²) in [6.45, 7) is 1.38. The largest absolute Gasteiger partial charge is 0.416 e. The summed E-state index contributed by atoms with van der Waals surface area (Å²) in [7, 11) is 0. The zero-order chi connectivity index (χ0) is 25.5. The van der Waals surface area contributed by atoms with Crippen LogP contribution in [0.4, 0.5) is 13.2 Å². The van der Waals surface area contributed by atoms with Crippen molar-refractivity contribution in [2.75, 3.05) is 19.6 Å². The van der Waals surface area contributed by atoms with Crippen molar-refractivity contribution in [2.24, 2.45) is 0 Å². The molecule has 2 aromatic rings. The molecule has 2 fully saturated rings. The highest BCUT2D eigenvalue weighted by Gasteiger charge is 2.38. The number of aromatic nitrogens is 1. The maximum atomic E-state index is 12.9. The lowest BCUT2D eigenvalue weighted by Gasteiger charge is -2.30. The second-order valence-electron chi connectivity index (χ2n) is 9.39. The van der Waals surface area contributed by atoms with Gasteiger partial charge in [-0.05, 0) is 42.7 Å². The van der Waals surface area contributed by atoms with Crippen molar-refractivity contribution < 1.29 is 27.5 Å². The Bertz CT molecular complexity index is 1030. The number of pyridine rings is 1. The van der Waals surface area contributed by atoms with E-state index in [1.165, 1.54) is 31.4 Å². The third-order valence-electron chi connectivity index (χ3n) is 6.78. The summed E-state index contributed by atoms with van der Waals surface area (Å²) in [5.41, 5.74) is -0.131. The van der Waals surface area contributed by atoms with Crippen LogP contribution in [0.5, 0.6) is 0 Å². The van der Waals surface area contributed by atoms with Crippen molar-refractivity contribution in [3.63, 3.8) is 0 Å². The molecule has 2 atom stereocenters. The standard InChI is InChI=1S/C26H31F3N4O3/c27-26(28,29)20-8-4-7-19(12-20)25(35)31-14-24(34)32-22-15-33(21-9-2-1-3-10-21)16-23(22)36-17-18-6-5-11-30-13-18/h4-8,11-13,21-23H,1-3,9-10,14-17H2,(H,31,35)(H,32,34). The van der Waals surface area contributed by atoms with Gasteiger partial charge < -0.3 is 15.4 Å². The third kappa shape index (κ3) is 7.04. The minimum atomic E-state index is -4.55. The molecule has 1 aromatic heterocycles. The lowest BCUT2D eigenvalue weighted by Crippen LogP contribution is -2.47. The molecule has 4 rings (SSSR count). The third-order valence-corrected chi connectivity index (χ3v) is 6.78. The van der Waals surface area contributed by atoms with Gasteiger partial charge in [0.2, 0.25) is 5.91 Å². The smallest absolute Gasteiger partial charge is 0.370 e. The quantitative estimate of drug-likeness (QED) is 0.575. The minimum Gasteiger partial charge on any atom is -0.370 e. The van der Waals surface area contributed by atoms with Gasteiger partial charge in [-0.3, -0.25) is 19.5 Å². The van der Waals surface area contributed by atoms with Crippen LogP contribution in [0.15, 0.2) is 48.8 Å². The average molecular weight is 505 g/mol. The second-order valence-corrected chi connectivity index (χ2v) is 9.39. The molecule has 2 aliphatic rings. The summed E-state index contributed by atoms with van der Waals surface area (Å²) in [4.78, 5) is 31.5. The highest BCUT2D eigenvalue weighted by atomic mass is 19.4. The highest BCUT2D eigenvalue weighted by molar-refractivity contribution is 5.96. The fraction of sp³-hybridized carbons (Fsp3) is 0.500. The summed E-state index contributed by atoms with van der Waals surface area (Å²) < 4.78 is 45.0.